The molecule has 0 N–H and O–H groups in total. The SMILES string of the molecule is CCC(C)C(/C(=N\c1ccccc1C)c1cccc(-c2ccccc2)c1)c1ccc(-c2ccc3c4ccccc4c4cccc5oc2c3c54)cc1. The van der Waals surface area contributed by atoms with Gasteiger partial charge < -0.3 is 4.42 Å². The van der Waals surface area contributed by atoms with E-state index in [4.69, 9.17) is 9.41 Å². The van der Waals surface area contributed by atoms with Crippen LogP contribution in [0.1, 0.15) is 42.9 Å². The molecule has 2 nitrogen and oxygen atoms in total. The molecular weight excluding hydrogens is 619 g/mol. The quantitative estimate of drug-likeness (QED) is 0.118. The number of rotatable bonds is 8. The van der Waals surface area contributed by atoms with Gasteiger partial charge in [-0.1, -0.05) is 154 Å². The lowest BCUT2D eigenvalue weighted by Gasteiger charge is -2.27. The second-order valence-electron chi connectivity index (χ2n) is 13.9. The first-order valence-electron chi connectivity index (χ1n) is 18.1. The van der Waals surface area contributed by atoms with Crippen molar-refractivity contribution in [3.8, 4) is 22.3 Å². The number of furan rings is 1. The smallest absolute Gasteiger partial charge is 0.143 e. The van der Waals surface area contributed by atoms with Gasteiger partial charge in [0.25, 0.3) is 0 Å². The molecule has 9 rings (SSSR count). The first kappa shape index (κ1) is 31.0. The Labute approximate surface area is 299 Å². The highest BCUT2D eigenvalue weighted by Crippen LogP contribution is 2.46. The average Bonchev–Trinajstić information content (AvgIpc) is 3.59. The summed E-state index contributed by atoms with van der Waals surface area (Å²) in [6, 6.07) is 56.8. The lowest BCUT2D eigenvalue weighted by molar-refractivity contribution is 0.526. The third kappa shape index (κ3) is 5.30. The van der Waals surface area contributed by atoms with Gasteiger partial charge in [0, 0.05) is 22.3 Å². The maximum Gasteiger partial charge on any atom is 0.143 e. The highest BCUT2D eigenvalue weighted by molar-refractivity contribution is 6.34. The van der Waals surface area contributed by atoms with Gasteiger partial charge in [-0.3, -0.25) is 4.99 Å². The molecule has 0 aliphatic heterocycles. The number of aliphatic imine (C=N–C) groups is 1. The van der Waals surface area contributed by atoms with E-state index in [1.165, 1.54) is 54.6 Å². The number of benzene rings is 8. The zero-order valence-electron chi connectivity index (χ0n) is 29.2. The summed E-state index contributed by atoms with van der Waals surface area (Å²) in [7, 11) is 0. The second-order valence-corrected chi connectivity index (χ2v) is 13.9. The number of nitrogens with zero attached hydrogens (tertiary/aromatic N) is 1. The summed E-state index contributed by atoms with van der Waals surface area (Å²) < 4.78 is 6.71. The molecule has 8 aromatic carbocycles. The molecule has 0 fully saturated rings. The molecule has 0 aliphatic carbocycles. The van der Waals surface area contributed by atoms with Crippen LogP contribution in [-0.4, -0.2) is 5.71 Å². The van der Waals surface area contributed by atoms with Crippen molar-refractivity contribution in [3.63, 3.8) is 0 Å². The Morgan fingerprint density at radius 3 is 2.02 bits per heavy atom. The fraction of sp³-hybridized carbons (Fsp3) is 0.122. The molecule has 51 heavy (non-hydrogen) atoms. The van der Waals surface area contributed by atoms with Crippen molar-refractivity contribution in [1.82, 2.24) is 0 Å². The molecule has 2 atom stereocenters. The van der Waals surface area contributed by atoms with E-state index in [2.05, 4.69) is 178 Å². The lowest BCUT2D eigenvalue weighted by Crippen LogP contribution is -2.21. The maximum absolute atomic E-state index is 6.71. The monoisotopic (exact) mass is 657 g/mol. The Morgan fingerprint density at radius 1 is 0.588 bits per heavy atom. The van der Waals surface area contributed by atoms with E-state index in [1.54, 1.807) is 0 Å². The van der Waals surface area contributed by atoms with Crippen molar-refractivity contribution in [2.45, 2.75) is 33.1 Å². The number of fused-ring (bicyclic) bond motifs is 3. The third-order valence-electron chi connectivity index (χ3n) is 10.9. The predicted octanol–water partition coefficient (Wildman–Crippen LogP) is 13.9. The lowest BCUT2D eigenvalue weighted by atomic mass is 9.78. The van der Waals surface area contributed by atoms with Crippen molar-refractivity contribution in [2.75, 3.05) is 0 Å². The van der Waals surface area contributed by atoms with Crippen molar-refractivity contribution in [1.29, 1.82) is 0 Å². The van der Waals surface area contributed by atoms with E-state index >= 15 is 0 Å². The van der Waals surface area contributed by atoms with Crippen LogP contribution in [0.2, 0.25) is 0 Å². The minimum absolute atomic E-state index is 0.0907. The maximum atomic E-state index is 6.71. The number of hydrogen-bond acceptors (Lipinski definition) is 2. The third-order valence-corrected chi connectivity index (χ3v) is 10.9. The van der Waals surface area contributed by atoms with E-state index in [-0.39, 0.29) is 5.92 Å². The molecule has 0 radical (unpaired) electrons. The van der Waals surface area contributed by atoms with Gasteiger partial charge in [-0.25, -0.2) is 0 Å². The summed E-state index contributed by atoms with van der Waals surface area (Å²) >= 11 is 0. The Hall–Kier alpha value is -5.99. The molecule has 2 heteroatoms. The van der Waals surface area contributed by atoms with Gasteiger partial charge in [0.15, 0.2) is 0 Å². The van der Waals surface area contributed by atoms with E-state index in [9.17, 15) is 0 Å². The molecule has 9 aromatic rings. The molecule has 2 unspecified atom stereocenters. The van der Waals surface area contributed by atoms with Crippen molar-refractivity contribution in [3.05, 3.63) is 174 Å². The van der Waals surface area contributed by atoms with Crippen LogP contribution >= 0.6 is 0 Å². The largest absolute Gasteiger partial charge is 0.455 e. The van der Waals surface area contributed by atoms with Crippen LogP contribution in [0, 0.1) is 12.8 Å². The van der Waals surface area contributed by atoms with Gasteiger partial charge >= 0.3 is 0 Å². The second kappa shape index (κ2) is 12.7. The van der Waals surface area contributed by atoms with Crippen molar-refractivity contribution in [2.24, 2.45) is 10.9 Å². The van der Waals surface area contributed by atoms with Crippen LogP contribution in [0.25, 0.3) is 65.7 Å². The number of aryl methyl sites for hydroxylation is 1. The minimum atomic E-state index is 0.0907. The molecule has 0 saturated heterocycles. The summed E-state index contributed by atoms with van der Waals surface area (Å²) in [6.07, 6.45) is 1.03. The molecule has 0 spiro atoms. The van der Waals surface area contributed by atoms with Crippen LogP contribution in [-0.2, 0) is 0 Å². The highest BCUT2D eigenvalue weighted by Gasteiger charge is 2.27. The highest BCUT2D eigenvalue weighted by atomic mass is 16.3. The summed E-state index contributed by atoms with van der Waals surface area (Å²) in [5, 5.41) is 7.44. The molecular formula is C49H39NO. The van der Waals surface area contributed by atoms with E-state index in [1.807, 2.05) is 0 Å². The first-order valence-corrected chi connectivity index (χ1v) is 18.1. The molecule has 1 aromatic heterocycles. The van der Waals surface area contributed by atoms with E-state index in [0.717, 1.165) is 45.7 Å². The Balaban J connectivity index is 1.19. The zero-order valence-corrected chi connectivity index (χ0v) is 29.2. The van der Waals surface area contributed by atoms with Crippen LogP contribution < -0.4 is 0 Å². The topological polar surface area (TPSA) is 25.5 Å². The molecule has 246 valence electrons. The summed E-state index contributed by atoms with van der Waals surface area (Å²) in [5.41, 5.74) is 12.3. The summed E-state index contributed by atoms with van der Waals surface area (Å²) in [5.74, 6) is 0.449. The van der Waals surface area contributed by atoms with Crippen LogP contribution in [0.5, 0.6) is 0 Å². The average molecular weight is 658 g/mol. The van der Waals surface area contributed by atoms with Crippen LogP contribution in [0.4, 0.5) is 5.69 Å². The van der Waals surface area contributed by atoms with Crippen LogP contribution in [0.15, 0.2) is 167 Å². The van der Waals surface area contributed by atoms with Crippen LogP contribution in [0.3, 0.4) is 0 Å². The van der Waals surface area contributed by atoms with Gasteiger partial charge in [-0.15, -0.1) is 0 Å². The fourth-order valence-corrected chi connectivity index (χ4v) is 8.03. The van der Waals surface area contributed by atoms with E-state index < -0.39 is 0 Å². The first-order chi connectivity index (χ1) is 25.1. The van der Waals surface area contributed by atoms with Crippen molar-refractivity contribution < 1.29 is 4.42 Å². The summed E-state index contributed by atoms with van der Waals surface area (Å²) in [4.78, 5) is 5.50. The van der Waals surface area contributed by atoms with Gasteiger partial charge in [-0.05, 0) is 92.0 Å². The molecule has 0 saturated carbocycles. The van der Waals surface area contributed by atoms with Gasteiger partial charge in [-0.2, -0.15) is 0 Å². The normalized spacial score (nSPS) is 13.4. The van der Waals surface area contributed by atoms with Gasteiger partial charge in [0.1, 0.15) is 11.2 Å². The van der Waals surface area contributed by atoms with Crippen molar-refractivity contribution >= 4 is 54.9 Å². The molecule has 1 heterocycles. The molecule has 0 amide bonds. The predicted molar refractivity (Wildman–Crippen MR) is 217 cm³/mol. The Kier molecular flexibility index (Phi) is 7.74. The Bertz CT molecular complexity index is 2700. The fourth-order valence-electron chi connectivity index (χ4n) is 8.03. The standard InChI is InChI=1S/C49H39NO/c1-4-31(2)45(48(50-43-22-11-8-14-32(43)3)37-18-12-17-36(30-37)33-15-6-5-7-16-33)35-26-24-34(25-27-35)38-28-29-42-40-20-10-9-19-39(40)41-21-13-23-44-46(41)47(42)49(38)51-44/h5-31,45H,4H2,1-3H3/b50-48-. The Morgan fingerprint density at radius 2 is 1.25 bits per heavy atom. The zero-order chi connectivity index (χ0) is 34.5. The van der Waals surface area contributed by atoms with E-state index in [0.29, 0.717) is 5.92 Å². The van der Waals surface area contributed by atoms with Gasteiger partial charge in [0.05, 0.1) is 11.4 Å². The molecule has 0 bridgehead atoms. The summed E-state index contributed by atoms with van der Waals surface area (Å²) in [6.45, 7) is 6.79. The number of para-hydroxylation sites is 1. The minimum Gasteiger partial charge on any atom is -0.455 e. The van der Waals surface area contributed by atoms with Gasteiger partial charge in [0.2, 0.25) is 0 Å². The molecule has 0 aliphatic rings. The number of hydrogen-bond donors (Lipinski definition) is 0.